The molecule has 0 aromatic rings. The average molecular weight is 263 g/mol. The number of alkyl halides is 7. The highest BCUT2D eigenvalue weighted by Gasteiger charge is 2.64. The minimum Gasteiger partial charge on any atom is -0.384 e. The van der Waals surface area contributed by atoms with Gasteiger partial charge < -0.3 is 4.74 Å². The van der Waals surface area contributed by atoms with Gasteiger partial charge in [0.15, 0.2) is 0 Å². The van der Waals surface area contributed by atoms with Gasteiger partial charge in [-0.25, -0.2) is 4.79 Å². The molecule has 0 unspecified atom stereocenters. The van der Waals surface area contributed by atoms with Crippen molar-refractivity contribution in [2.75, 3.05) is 0 Å². The van der Waals surface area contributed by atoms with E-state index in [1.807, 2.05) is 0 Å². The van der Waals surface area contributed by atoms with Crippen molar-refractivity contribution in [1.82, 2.24) is 0 Å². The van der Waals surface area contributed by atoms with Crippen LogP contribution in [0.25, 0.3) is 0 Å². The first-order valence-electron chi connectivity index (χ1n) is 3.08. The Bertz CT molecular complexity index is 248. The van der Waals surface area contributed by atoms with Crippen molar-refractivity contribution >= 4 is 17.0 Å². The van der Waals surface area contributed by atoms with Crippen LogP contribution in [-0.2, 0) is 4.74 Å². The summed E-state index contributed by atoms with van der Waals surface area (Å²) in [6.07, 6.45) is -14.3. The Balaban J connectivity index is 4.76. The van der Waals surface area contributed by atoms with Crippen LogP contribution in [0, 0.1) is 0 Å². The second-order valence-electron chi connectivity index (χ2n) is 2.35. The maximum absolute atomic E-state index is 12.3. The van der Waals surface area contributed by atoms with E-state index >= 15 is 0 Å². The third kappa shape index (κ3) is 4.54. The molecule has 0 aliphatic heterocycles. The molecule has 0 spiro atoms. The fourth-order valence-corrected chi connectivity index (χ4v) is 0.627. The molecule has 0 amide bonds. The van der Waals surface area contributed by atoms with Gasteiger partial charge in [0, 0.05) is 11.6 Å². The van der Waals surface area contributed by atoms with Crippen LogP contribution in [-0.4, -0.2) is 23.6 Å². The van der Waals surface area contributed by atoms with E-state index in [-0.39, 0.29) is 0 Å². The van der Waals surface area contributed by atoms with Gasteiger partial charge in [-0.3, -0.25) is 0 Å². The summed E-state index contributed by atoms with van der Waals surface area (Å²) in [5.41, 5.74) is -2.33. The predicted octanol–water partition coefficient (Wildman–Crippen LogP) is 3.54. The Hall–Kier alpha value is -0.730. The Labute approximate surface area is 82.9 Å². The Morgan fingerprint density at radius 1 is 1.07 bits per heavy atom. The van der Waals surface area contributed by atoms with Crippen molar-refractivity contribution in [3.63, 3.8) is 0 Å². The highest BCUT2D eigenvalue weighted by atomic mass is 35.5. The lowest BCUT2D eigenvalue weighted by atomic mass is 10.2. The molecule has 15 heavy (non-hydrogen) atoms. The summed E-state index contributed by atoms with van der Waals surface area (Å²) in [6, 6.07) is 0. The first-order chi connectivity index (χ1) is 6.37. The summed E-state index contributed by atoms with van der Waals surface area (Å²) in [6.45, 7) is 0. The summed E-state index contributed by atoms with van der Waals surface area (Å²) in [4.78, 5) is 9.72. The predicted molar refractivity (Wildman–Crippen MR) is 32.9 cm³/mol. The van der Waals surface area contributed by atoms with Gasteiger partial charge in [0.1, 0.15) is 6.42 Å². The number of ether oxygens (including phenoxy) is 1. The SMILES string of the molecule is O=C(Cl)OC(F)(F)C(F)(F)CC(F)(F)F. The Morgan fingerprint density at radius 3 is 1.73 bits per heavy atom. The molecule has 0 rings (SSSR count). The standard InChI is InChI=1S/C5H2ClF7O2/c6-2(14)15-5(12,13)3(7,8)1-4(9,10)11/h1H2. The quantitative estimate of drug-likeness (QED) is 0.574. The van der Waals surface area contributed by atoms with Crippen LogP contribution in [0.1, 0.15) is 6.42 Å². The summed E-state index contributed by atoms with van der Waals surface area (Å²) < 4.78 is 85.8. The Morgan fingerprint density at radius 2 is 1.47 bits per heavy atom. The Kier molecular flexibility index (Phi) is 3.83. The molecule has 0 radical (unpaired) electrons. The van der Waals surface area contributed by atoms with Crippen LogP contribution in [0.3, 0.4) is 0 Å². The highest BCUT2D eigenvalue weighted by molar-refractivity contribution is 6.61. The van der Waals surface area contributed by atoms with E-state index in [0.29, 0.717) is 0 Å². The second-order valence-corrected chi connectivity index (χ2v) is 2.66. The van der Waals surface area contributed by atoms with Crippen LogP contribution >= 0.6 is 11.6 Å². The fraction of sp³-hybridized carbons (Fsp3) is 0.800. The molecule has 0 aromatic heterocycles. The van der Waals surface area contributed by atoms with Gasteiger partial charge in [0.25, 0.3) is 0 Å². The van der Waals surface area contributed by atoms with Crippen LogP contribution in [0.2, 0.25) is 0 Å². The molecule has 0 bridgehead atoms. The van der Waals surface area contributed by atoms with E-state index in [4.69, 9.17) is 0 Å². The minimum atomic E-state index is -5.61. The zero-order valence-electron chi connectivity index (χ0n) is 6.55. The van der Waals surface area contributed by atoms with E-state index in [2.05, 4.69) is 16.3 Å². The van der Waals surface area contributed by atoms with Crippen molar-refractivity contribution < 1.29 is 40.3 Å². The van der Waals surface area contributed by atoms with E-state index in [1.54, 1.807) is 0 Å². The molecular formula is C5H2ClF7O2. The van der Waals surface area contributed by atoms with Gasteiger partial charge in [-0.2, -0.15) is 30.7 Å². The summed E-state index contributed by atoms with van der Waals surface area (Å²) in [7, 11) is 0. The summed E-state index contributed by atoms with van der Waals surface area (Å²) in [5, 5.41) is 0. The van der Waals surface area contributed by atoms with Gasteiger partial charge in [-0.1, -0.05) is 0 Å². The molecule has 2 nitrogen and oxygen atoms in total. The molecule has 0 aliphatic carbocycles. The van der Waals surface area contributed by atoms with Crippen molar-refractivity contribution in [3.8, 4) is 0 Å². The molecule has 0 saturated carbocycles. The van der Waals surface area contributed by atoms with Crippen LogP contribution in [0.15, 0.2) is 0 Å². The maximum Gasteiger partial charge on any atom is 0.467 e. The molecule has 0 fully saturated rings. The lowest BCUT2D eigenvalue weighted by Crippen LogP contribution is -2.46. The van der Waals surface area contributed by atoms with Crippen LogP contribution in [0.5, 0.6) is 0 Å². The van der Waals surface area contributed by atoms with Crippen molar-refractivity contribution in [2.24, 2.45) is 0 Å². The lowest BCUT2D eigenvalue weighted by molar-refractivity contribution is -0.342. The molecule has 0 saturated heterocycles. The molecule has 0 N–H and O–H groups in total. The average Bonchev–Trinajstić information content (AvgIpc) is 1.75. The number of hydrogen-bond acceptors (Lipinski definition) is 2. The van der Waals surface area contributed by atoms with Crippen LogP contribution in [0.4, 0.5) is 35.5 Å². The second kappa shape index (κ2) is 4.03. The van der Waals surface area contributed by atoms with Gasteiger partial charge in [0.05, 0.1) is 0 Å². The minimum absolute atomic E-state index is 2.33. The molecule has 0 atom stereocenters. The largest absolute Gasteiger partial charge is 0.467 e. The van der Waals surface area contributed by atoms with E-state index in [1.165, 1.54) is 0 Å². The smallest absolute Gasteiger partial charge is 0.384 e. The molecule has 90 valence electrons. The molecule has 0 heterocycles. The number of halogens is 8. The lowest BCUT2D eigenvalue weighted by Gasteiger charge is -2.25. The third-order valence-electron chi connectivity index (χ3n) is 1.06. The zero-order chi connectivity index (χ0) is 12.5. The number of carbonyl (C=O) groups excluding carboxylic acids is 1. The first-order valence-corrected chi connectivity index (χ1v) is 3.46. The van der Waals surface area contributed by atoms with Crippen molar-refractivity contribution in [3.05, 3.63) is 0 Å². The van der Waals surface area contributed by atoms with Gasteiger partial charge >= 0.3 is 23.6 Å². The number of rotatable bonds is 3. The van der Waals surface area contributed by atoms with Gasteiger partial charge in [-0.15, -0.1) is 0 Å². The van der Waals surface area contributed by atoms with Crippen LogP contribution < -0.4 is 0 Å². The van der Waals surface area contributed by atoms with E-state index in [9.17, 15) is 35.5 Å². The molecule has 0 aliphatic rings. The summed E-state index contributed by atoms with van der Waals surface area (Å²) in [5.74, 6) is -5.57. The summed E-state index contributed by atoms with van der Waals surface area (Å²) >= 11 is 4.18. The topological polar surface area (TPSA) is 26.3 Å². The van der Waals surface area contributed by atoms with Crippen molar-refractivity contribution in [2.45, 2.75) is 24.6 Å². The molecule has 10 heteroatoms. The maximum atomic E-state index is 12.3. The third-order valence-corrected chi connectivity index (χ3v) is 1.13. The van der Waals surface area contributed by atoms with Crippen molar-refractivity contribution in [1.29, 1.82) is 0 Å². The monoisotopic (exact) mass is 262 g/mol. The van der Waals surface area contributed by atoms with E-state index in [0.717, 1.165) is 0 Å². The molecular weight excluding hydrogens is 260 g/mol. The first kappa shape index (κ1) is 14.3. The van der Waals surface area contributed by atoms with Gasteiger partial charge in [-0.05, 0) is 0 Å². The number of hydrogen-bond donors (Lipinski definition) is 0. The normalized spacial score (nSPS) is 13.9. The van der Waals surface area contributed by atoms with Gasteiger partial charge in [0.2, 0.25) is 0 Å². The fourth-order valence-electron chi connectivity index (χ4n) is 0.530. The van der Waals surface area contributed by atoms with E-state index < -0.39 is 30.1 Å². The zero-order valence-corrected chi connectivity index (χ0v) is 7.30. The molecule has 0 aromatic carbocycles. The number of carbonyl (C=O) groups is 1. The highest BCUT2D eigenvalue weighted by Crippen LogP contribution is 2.43.